The third-order valence-electron chi connectivity index (χ3n) is 3.07. The van der Waals surface area contributed by atoms with Crippen LogP contribution in [0.3, 0.4) is 0 Å². The average Bonchev–Trinajstić information content (AvgIpc) is 2.34. The Morgan fingerprint density at radius 1 is 1.32 bits per heavy atom. The molecule has 3 nitrogen and oxygen atoms in total. The summed E-state index contributed by atoms with van der Waals surface area (Å²) in [5.74, 6) is 0.447. The maximum Gasteiger partial charge on any atom is 0.0746 e. The zero-order valence-electron chi connectivity index (χ0n) is 12.1. The van der Waals surface area contributed by atoms with Crippen molar-refractivity contribution in [2.45, 2.75) is 45.3 Å². The van der Waals surface area contributed by atoms with Gasteiger partial charge in [0.2, 0.25) is 0 Å². The Balaban J connectivity index is 2.63. The van der Waals surface area contributed by atoms with Crippen LogP contribution in [0.4, 0.5) is 0 Å². The van der Waals surface area contributed by atoms with Crippen molar-refractivity contribution in [1.82, 2.24) is 5.32 Å². The van der Waals surface area contributed by atoms with Crippen molar-refractivity contribution in [2.24, 2.45) is 5.92 Å². The van der Waals surface area contributed by atoms with Crippen LogP contribution < -0.4 is 5.32 Å². The van der Waals surface area contributed by atoms with Gasteiger partial charge in [0.15, 0.2) is 0 Å². The van der Waals surface area contributed by atoms with Gasteiger partial charge in [-0.05, 0) is 24.8 Å². The minimum Gasteiger partial charge on any atom is -0.389 e. The molecule has 0 spiro atoms. The summed E-state index contributed by atoms with van der Waals surface area (Å²) >= 11 is 0. The van der Waals surface area contributed by atoms with Gasteiger partial charge in [0.1, 0.15) is 0 Å². The van der Waals surface area contributed by atoms with Gasteiger partial charge in [-0.15, -0.1) is 0 Å². The largest absolute Gasteiger partial charge is 0.389 e. The lowest BCUT2D eigenvalue weighted by Gasteiger charge is -2.28. The van der Waals surface area contributed by atoms with Crippen LogP contribution in [0.1, 0.15) is 45.2 Å². The Morgan fingerprint density at radius 2 is 1.95 bits per heavy atom. The molecule has 2 unspecified atom stereocenters. The highest BCUT2D eigenvalue weighted by atomic mass is 16.3. The number of hydrogen-bond acceptors (Lipinski definition) is 3. The first-order valence-electron chi connectivity index (χ1n) is 6.82. The molecule has 2 N–H and O–H groups in total. The SMILES string of the molecule is CC(C)CC(C)(O)CNC(CC#N)c1ccccc1. The van der Waals surface area contributed by atoms with Gasteiger partial charge in [-0.1, -0.05) is 44.2 Å². The first kappa shape index (κ1) is 15.7. The molecular weight excluding hydrogens is 236 g/mol. The van der Waals surface area contributed by atoms with Crippen molar-refractivity contribution in [3.63, 3.8) is 0 Å². The maximum atomic E-state index is 10.3. The van der Waals surface area contributed by atoms with Crippen LogP contribution in [-0.2, 0) is 0 Å². The van der Waals surface area contributed by atoms with Gasteiger partial charge >= 0.3 is 0 Å². The molecule has 3 heteroatoms. The topological polar surface area (TPSA) is 56.0 Å². The van der Waals surface area contributed by atoms with Gasteiger partial charge in [-0.2, -0.15) is 5.26 Å². The summed E-state index contributed by atoms with van der Waals surface area (Å²) in [5, 5.41) is 22.5. The highest BCUT2D eigenvalue weighted by Gasteiger charge is 2.23. The van der Waals surface area contributed by atoms with Crippen LogP contribution in [0.2, 0.25) is 0 Å². The van der Waals surface area contributed by atoms with Crippen LogP contribution in [-0.4, -0.2) is 17.3 Å². The van der Waals surface area contributed by atoms with Gasteiger partial charge in [0.05, 0.1) is 18.1 Å². The summed E-state index contributed by atoms with van der Waals surface area (Å²) in [6, 6.07) is 12.1. The van der Waals surface area contributed by atoms with E-state index in [4.69, 9.17) is 5.26 Å². The second-order valence-corrected chi connectivity index (χ2v) is 5.80. The van der Waals surface area contributed by atoms with Gasteiger partial charge in [-0.3, -0.25) is 0 Å². The Kier molecular flexibility index (Phi) is 6.01. The van der Waals surface area contributed by atoms with Crippen molar-refractivity contribution in [3.8, 4) is 6.07 Å². The normalized spacial score (nSPS) is 15.8. The average molecular weight is 260 g/mol. The molecule has 0 amide bonds. The molecule has 104 valence electrons. The molecule has 1 aromatic rings. The molecule has 0 aliphatic carbocycles. The van der Waals surface area contributed by atoms with Crippen molar-refractivity contribution >= 4 is 0 Å². The number of nitrogens with zero attached hydrogens (tertiary/aromatic N) is 1. The van der Waals surface area contributed by atoms with Crippen LogP contribution in [0.15, 0.2) is 30.3 Å². The minimum absolute atomic E-state index is 0.0233. The van der Waals surface area contributed by atoms with Gasteiger partial charge < -0.3 is 10.4 Å². The predicted octanol–water partition coefficient (Wildman–Crippen LogP) is 3.03. The molecule has 0 fully saturated rings. The first-order valence-corrected chi connectivity index (χ1v) is 6.82. The van der Waals surface area contributed by atoms with Crippen molar-refractivity contribution in [2.75, 3.05) is 6.54 Å². The molecule has 0 aliphatic rings. The highest BCUT2D eigenvalue weighted by molar-refractivity contribution is 5.20. The third-order valence-corrected chi connectivity index (χ3v) is 3.07. The molecule has 1 aromatic carbocycles. The third kappa shape index (κ3) is 5.87. The molecule has 0 bridgehead atoms. The second-order valence-electron chi connectivity index (χ2n) is 5.80. The van der Waals surface area contributed by atoms with Crippen LogP contribution in [0, 0.1) is 17.2 Å². The Morgan fingerprint density at radius 3 is 2.47 bits per heavy atom. The molecule has 0 radical (unpaired) electrons. The van der Waals surface area contributed by atoms with E-state index in [1.54, 1.807) is 0 Å². The summed E-state index contributed by atoms with van der Waals surface area (Å²) in [6.45, 7) is 6.53. The summed E-state index contributed by atoms with van der Waals surface area (Å²) in [6.07, 6.45) is 1.15. The Labute approximate surface area is 116 Å². The Hall–Kier alpha value is -1.37. The number of nitriles is 1. The highest BCUT2D eigenvalue weighted by Crippen LogP contribution is 2.19. The number of hydrogen-bond donors (Lipinski definition) is 2. The molecule has 0 aliphatic heterocycles. The fraction of sp³-hybridized carbons (Fsp3) is 0.562. The van der Waals surface area contributed by atoms with E-state index in [0.29, 0.717) is 18.9 Å². The van der Waals surface area contributed by atoms with E-state index in [0.717, 1.165) is 12.0 Å². The van der Waals surface area contributed by atoms with Gasteiger partial charge in [-0.25, -0.2) is 0 Å². The van der Waals surface area contributed by atoms with Crippen molar-refractivity contribution < 1.29 is 5.11 Å². The van der Waals surface area contributed by atoms with Crippen LogP contribution in [0.25, 0.3) is 0 Å². The maximum absolute atomic E-state index is 10.3. The fourth-order valence-corrected chi connectivity index (χ4v) is 2.38. The summed E-state index contributed by atoms with van der Waals surface area (Å²) in [5.41, 5.74) is 0.348. The lowest BCUT2D eigenvalue weighted by molar-refractivity contribution is 0.0359. The van der Waals surface area contributed by atoms with E-state index < -0.39 is 5.60 Å². The molecule has 1 rings (SSSR count). The summed E-state index contributed by atoms with van der Waals surface area (Å²) < 4.78 is 0. The van der Waals surface area contributed by atoms with E-state index in [1.165, 1.54) is 0 Å². The van der Waals surface area contributed by atoms with E-state index >= 15 is 0 Å². The second kappa shape index (κ2) is 7.28. The fourth-order valence-electron chi connectivity index (χ4n) is 2.38. The monoisotopic (exact) mass is 260 g/mol. The van der Waals surface area contributed by atoms with Crippen LogP contribution in [0.5, 0.6) is 0 Å². The molecular formula is C16H24N2O. The first-order chi connectivity index (χ1) is 8.94. The van der Waals surface area contributed by atoms with E-state index in [-0.39, 0.29) is 6.04 Å². The number of aliphatic hydroxyl groups is 1. The molecule has 0 aromatic heterocycles. The predicted molar refractivity (Wildman–Crippen MR) is 77.5 cm³/mol. The molecule has 19 heavy (non-hydrogen) atoms. The van der Waals surface area contributed by atoms with E-state index in [9.17, 15) is 5.11 Å². The van der Waals surface area contributed by atoms with E-state index in [2.05, 4.69) is 25.2 Å². The number of nitrogens with one attached hydrogen (secondary N) is 1. The van der Waals surface area contributed by atoms with Crippen LogP contribution >= 0.6 is 0 Å². The van der Waals surface area contributed by atoms with Crippen molar-refractivity contribution in [3.05, 3.63) is 35.9 Å². The summed E-state index contributed by atoms with van der Waals surface area (Å²) in [7, 11) is 0. The standard InChI is InChI=1S/C16H24N2O/c1-13(2)11-16(3,19)12-18-15(9-10-17)14-7-5-4-6-8-14/h4-8,13,15,18-19H,9,11-12H2,1-3H3. The quantitative estimate of drug-likeness (QED) is 0.792. The molecule has 0 saturated carbocycles. The zero-order valence-corrected chi connectivity index (χ0v) is 12.1. The number of benzene rings is 1. The zero-order chi connectivity index (χ0) is 14.3. The van der Waals surface area contributed by atoms with Gasteiger partial charge in [0.25, 0.3) is 0 Å². The lowest BCUT2D eigenvalue weighted by atomic mass is 9.93. The van der Waals surface area contributed by atoms with Gasteiger partial charge in [0, 0.05) is 12.6 Å². The smallest absolute Gasteiger partial charge is 0.0746 e. The molecule has 0 saturated heterocycles. The van der Waals surface area contributed by atoms with E-state index in [1.807, 2.05) is 37.3 Å². The lowest BCUT2D eigenvalue weighted by Crippen LogP contribution is -2.40. The molecule has 2 atom stereocenters. The Bertz CT molecular complexity index is 407. The summed E-state index contributed by atoms with van der Waals surface area (Å²) in [4.78, 5) is 0. The minimum atomic E-state index is -0.739. The molecule has 0 heterocycles. The van der Waals surface area contributed by atoms with Crippen molar-refractivity contribution in [1.29, 1.82) is 5.26 Å². The number of rotatable bonds is 7.